The number of aromatic nitrogens is 2. The average molecular weight is 186 g/mol. The molecule has 2 N–H and O–H groups in total. The molecule has 0 atom stereocenters. The topological polar surface area (TPSA) is 84.2 Å². The van der Waals surface area contributed by atoms with Gasteiger partial charge in [0.05, 0.1) is 12.2 Å². The molecule has 72 valence electrons. The monoisotopic (exact) mass is 186 g/mol. The maximum atomic E-state index is 10.9. The molecule has 0 radical (unpaired) electrons. The van der Waals surface area contributed by atoms with Gasteiger partial charge < -0.3 is 9.47 Å². The summed E-state index contributed by atoms with van der Waals surface area (Å²) in [6, 6.07) is 0. The van der Waals surface area contributed by atoms with E-state index in [9.17, 15) is 9.59 Å². The predicted octanol–water partition coefficient (Wildman–Crippen LogP) is 0.547. The highest BCUT2D eigenvalue weighted by Crippen LogP contribution is 2.07. The van der Waals surface area contributed by atoms with Gasteiger partial charge in [0.1, 0.15) is 0 Å². The molecule has 0 aliphatic rings. The van der Waals surface area contributed by atoms with Gasteiger partial charge >= 0.3 is 6.16 Å². The summed E-state index contributed by atoms with van der Waals surface area (Å²) in [6.45, 7) is 3.42. The molecule has 0 unspecified atom stereocenters. The third-order valence-electron chi connectivity index (χ3n) is 1.42. The fourth-order valence-corrected chi connectivity index (χ4v) is 0.737. The van der Waals surface area contributed by atoms with Crippen LogP contribution in [-0.4, -0.2) is 23.0 Å². The number of rotatable bonds is 2. The molecule has 0 bridgehead atoms. The van der Waals surface area contributed by atoms with E-state index in [1.54, 1.807) is 6.92 Å². The molecular weight excluding hydrogens is 176 g/mol. The van der Waals surface area contributed by atoms with Gasteiger partial charge in [0, 0.05) is 0 Å². The summed E-state index contributed by atoms with van der Waals surface area (Å²) in [6.07, 6.45) is -0.833. The second-order valence-electron chi connectivity index (χ2n) is 2.32. The zero-order chi connectivity index (χ0) is 9.84. The highest BCUT2D eigenvalue weighted by Gasteiger charge is 2.11. The van der Waals surface area contributed by atoms with Gasteiger partial charge in [-0.3, -0.25) is 15.0 Å². The largest absolute Gasteiger partial charge is 0.515 e. The lowest BCUT2D eigenvalue weighted by molar-refractivity contribution is 0.102. The van der Waals surface area contributed by atoms with Crippen LogP contribution >= 0.6 is 0 Å². The normalized spacial score (nSPS) is 9.69. The third kappa shape index (κ3) is 2.11. The number of nitrogens with one attached hydrogen (secondary N) is 2. The van der Waals surface area contributed by atoms with E-state index in [1.807, 2.05) is 0 Å². The molecule has 0 aromatic carbocycles. The molecule has 0 amide bonds. The summed E-state index contributed by atoms with van der Waals surface area (Å²) < 4.78 is 9.17. The molecular formula is C7H10N2O4. The average Bonchev–Trinajstić information content (AvgIpc) is 2.37. The standard InChI is InChI=1S/C7H10N2O4/c1-3-12-7(11)13-6-4(2)5(10)8-9-6/h3H2,1-2H3,(H2,8,9,10). The van der Waals surface area contributed by atoms with Gasteiger partial charge in [-0.2, -0.15) is 0 Å². The van der Waals surface area contributed by atoms with Crippen LogP contribution in [0.2, 0.25) is 0 Å². The first-order valence-electron chi connectivity index (χ1n) is 3.77. The molecule has 0 saturated carbocycles. The van der Waals surface area contributed by atoms with Gasteiger partial charge in [0.25, 0.3) is 5.56 Å². The molecule has 1 aromatic rings. The van der Waals surface area contributed by atoms with Crippen molar-refractivity contribution < 1.29 is 14.3 Å². The summed E-state index contributed by atoms with van der Waals surface area (Å²) in [5, 5.41) is 4.67. The minimum atomic E-state index is -0.833. The predicted molar refractivity (Wildman–Crippen MR) is 43.8 cm³/mol. The van der Waals surface area contributed by atoms with E-state index < -0.39 is 6.16 Å². The first kappa shape index (κ1) is 9.37. The SMILES string of the molecule is CCOC(=O)Oc1[nH][nH]c(=O)c1C. The van der Waals surface area contributed by atoms with Crippen molar-refractivity contribution in [1.29, 1.82) is 0 Å². The van der Waals surface area contributed by atoms with Crippen molar-refractivity contribution in [2.75, 3.05) is 6.61 Å². The second-order valence-corrected chi connectivity index (χ2v) is 2.32. The van der Waals surface area contributed by atoms with Crippen LogP contribution in [0, 0.1) is 6.92 Å². The molecule has 1 aromatic heterocycles. The Morgan fingerprint density at radius 1 is 1.46 bits per heavy atom. The lowest BCUT2D eigenvalue weighted by Crippen LogP contribution is -2.11. The zero-order valence-electron chi connectivity index (χ0n) is 7.34. The Kier molecular flexibility index (Phi) is 2.73. The van der Waals surface area contributed by atoms with E-state index >= 15 is 0 Å². The van der Waals surface area contributed by atoms with Crippen molar-refractivity contribution in [1.82, 2.24) is 10.2 Å². The lowest BCUT2D eigenvalue weighted by atomic mass is 10.4. The number of H-pyrrole nitrogens is 2. The van der Waals surface area contributed by atoms with Gasteiger partial charge in [-0.05, 0) is 13.8 Å². The maximum absolute atomic E-state index is 10.9. The van der Waals surface area contributed by atoms with Crippen molar-refractivity contribution in [2.45, 2.75) is 13.8 Å². The molecule has 1 rings (SSSR count). The van der Waals surface area contributed by atoms with Crippen LogP contribution < -0.4 is 10.3 Å². The molecule has 13 heavy (non-hydrogen) atoms. The van der Waals surface area contributed by atoms with Crippen LogP contribution in [0.3, 0.4) is 0 Å². The molecule has 1 heterocycles. The first-order valence-corrected chi connectivity index (χ1v) is 3.77. The summed E-state index contributed by atoms with van der Waals surface area (Å²) >= 11 is 0. The fourth-order valence-electron chi connectivity index (χ4n) is 0.737. The molecule has 6 heteroatoms. The smallest absolute Gasteiger partial charge is 0.434 e. The summed E-state index contributed by atoms with van der Waals surface area (Å²) in [5.74, 6) is 0.0865. The van der Waals surface area contributed by atoms with E-state index in [2.05, 4.69) is 19.7 Å². The molecule has 0 spiro atoms. The number of aromatic amines is 2. The number of carbonyl (C=O) groups excluding carboxylic acids is 1. The zero-order valence-corrected chi connectivity index (χ0v) is 7.34. The van der Waals surface area contributed by atoms with E-state index in [0.717, 1.165) is 0 Å². The van der Waals surface area contributed by atoms with Crippen molar-refractivity contribution in [3.8, 4) is 5.88 Å². The van der Waals surface area contributed by atoms with Crippen LogP contribution in [0.15, 0.2) is 4.79 Å². The van der Waals surface area contributed by atoms with Crippen LogP contribution in [-0.2, 0) is 4.74 Å². The molecule has 6 nitrogen and oxygen atoms in total. The van der Waals surface area contributed by atoms with Gasteiger partial charge in [-0.15, -0.1) is 0 Å². The van der Waals surface area contributed by atoms with Gasteiger partial charge in [-0.25, -0.2) is 4.79 Å². The number of hydrogen-bond acceptors (Lipinski definition) is 4. The van der Waals surface area contributed by atoms with Gasteiger partial charge in [0.15, 0.2) is 0 Å². The Bertz CT molecular complexity index is 352. The Morgan fingerprint density at radius 2 is 2.15 bits per heavy atom. The maximum Gasteiger partial charge on any atom is 0.515 e. The van der Waals surface area contributed by atoms with Crippen LogP contribution in [0.4, 0.5) is 4.79 Å². The van der Waals surface area contributed by atoms with Crippen molar-refractivity contribution in [3.05, 3.63) is 15.9 Å². The van der Waals surface area contributed by atoms with Crippen LogP contribution in [0.25, 0.3) is 0 Å². The Labute approximate surface area is 73.8 Å². The lowest BCUT2D eigenvalue weighted by Gasteiger charge is -2.00. The third-order valence-corrected chi connectivity index (χ3v) is 1.42. The Balaban J connectivity index is 2.69. The number of hydrogen-bond donors (Lipinski definition) is 2. The van der Waals surface area contributed by atoms with Crippen LogP contribution in [0.5, 0.6) is 5.88 Å². The van der Waals surface area contributed by atoms with Gasteiger partial charge in [-0.1, -0.05) is 0 Å². The minimum absolute atomic E-state index is 0.0865. The summed E-state index contributed by atoms with van der Waals surface area (Å²) in [4.78, 5) is 21.7. The molecule has 0 saturated heterocycles. The molecule has 0 aliphatic heterocycles. The van der Waals surface area contributed by atoms with E-state index in [1.165, 1.54) is 6.92 Å². The first-order chi connectivity index (χ1) is 6.15. The number of carbonyl (C=O) groups is 1. The summed E-state index contributed by atoms with van der Waals surface area (Å²) in [7, 11) is 0. The number of ether oxygens (including phenoxy) is 2. The summed E-state index contributed by atoms with van der Waals surface area (Å²) in [5.41, 5.74) is -0.00708. The highest BCUT2D eigenvalue weighted by molar-refractivity contribution is 5.63. The Hall–Kier alpha value is -1.72. The second kappa shape index (κ2) is 3.79. The highest BCUT2D eigenvalue weighted by atomic mass is 16.7. The van der Waals surface area contributed by atoms with Crippen molar-refractivity contribution in [3.63, 3.8) is 0 Å². The van der Waals surface area contributed by atoms with E-state index in [-0.39, 0.29) is 18.0 Å². The van der Waals surface area contributed by atoms with E-state index in [0.29, 0.717) is 5.56 Å². The van der Waals surface area contributed by atoms with Crippen molar-refractivity contribution in [2.24, 2.45) is 0 Å². The molecule has 0 aliphatic carbocycles. The minimum Gasteiger partial charge on any atom is -0.434 e. The quantitative estimate of drug-likeness (QED) is 0.660. The van der Waals surface area contributed by atoms with Gasteiger partial charge in [0.2, 0.25) is 5.88 Å². The van der Waals surface area contributed by atoms with Crippen molar-refractivity contribution >= 4 is 6.16 Å². The van der Waals surface area contributed by atoms with E-state index in [4.69, 9.17) is 0 Å². The Morgan fingerprint density at radius 3 is 2.62 bits per heavy atom. The molecule has 0 fully saturated rings. The van der Waals surface area contributed by atoms with Crippen LogP contribution in [0.1, 0.15) is 12.5 Å². The fraction of sp³-hybridized carbons (Fsp3) is 0.429.